The molecule has 1 rings (SSSR count). The molecule has 0 spiro atoms. The van der Waals surface area contributed by atoms with Gasteiger partial charge in [-0.05, 0) is 32.2 Å². The quantitative estimate of drug-likeness (QED) is 0.719. The van der Waals surface area contributed by atoms with Crippen LogP contribution in [0.1, 0.15) is 45.4 Å². The van der Waals surface area contributed by atoms with Crippen molar-refractivity contribution in [3.8, 4) is 0 Å². The van der Waals surface area contributed by atoms with Crippen LogP contribution in [0.25, 0.3) is 0 Å². The smallest absolute Gasteiger partial charge is 0.314 e. The first-order valence-electron chi connectivity index (χ1n) is 5.84. The average Bonchev–Trinajstić information content (AvgIpc) is 2.17. The minimum absolute atomic E-state index is 0.0805. The van der Waals surface area contributed by atoms with Gasteiger partial charge in [0.25, 0.3) is 0 Å². The minimum atomic E-state index is -3.99. The zero-order chi connectivity index (χ0) is 11.3. The van der Waals surface area contributed by atoms with Crippen LogP contribution < -0.4 is 5.32 Å². The van der Waals surface area contributed by atoms with Gasteiger partial charge in [-0.2, -0.15) is 13.2 Å². The van der Waals surface area contributed by atoms with E-state index in [-0.39, 0.29) is 12.5 Å². The Morgan fingerprint density at radius 1 is 1.27 bits per heavy atom. The van der Waals surface area contributed by atoms with Crippen molar-refractivity contribution in [2.24, 2.45) is 5.92 Å². The molecule has 0 radical (unpaired) electrons. The van der Waals surface area contributed by atoms with Crippen molar-refractivity contribution in [1.29, 1.82) is 0 Å². The first kappa shape index (κ1) is 12.8. The van der Waals surface area contributed by atoms with Crippen molar-refractivity contribution < 1.29 is 13.2 Å². The average molecular weight is 223 g/mol. The van der Waals surface area contributed by atoms with Crippen LogP contribution in [0.3, 0.4) is 0 Å². The highest BCUT2D eigenvalue weighted by Crippen LogP contribution is 2.37. The number of rotatable bonds is 4. The van der Waals surface area contributed by atoms with Crippen LogP contribution in [0.15, 0.2) is 0 Å². The maximum absolute atomic E-state index is 12.5. The molecule has 0 amide bonds. The van der Waals surface area contributed by atoms with Gasteiger partial charge in [-0.15, -0.1) is 0 Å². The standard InChI is InChI=1S/C11H20F3N/c1-2-3-7-15-10-6-4-5-9(8-10)11(12,13)14/h9-10,15H,2-8H2,1H3. The van der Waals surface area contributed by atoms with E-state index in [1.54, 1.807) is 0 Å². The Kier molecular flexibility index (Phi) is 4.90. The molecule has 0 aliphatic heterocycles. The number of alkyl halides is 3. The van der Waals surface area contributed by atoms with Crippen molar-refractivity contribution in [2.45, 2.75) is 57.7 Å². The van der Waals surface area contributed by atoms with E-state index in [0.717, 1.165) is 25.8 Å². The molecule has 15 heavy (non-hydrogen) atoms. The van der Waals surface area contributed by atoms with E-state index in [9.17, 15) is 13.2 Å². The molecule has 90 valence electrons. The van der Waals surface area contributed by atoms with Crippen LogP contribution in [-0.4, -0.2) is 18.8 Å². The van der Waals surface area contributed by atoms with E-state index >= 15 is 0 Å². The molecule has 1 aliphatic carbocycles. The zero-order valence-corrected chi connectivity index (χ0v) is 9.24. The molecule has 2 unspecified atom stereocenters. The fourth-order valence-electron chi connectivity index (χ4n) is 2.16. The summed E-state index contributed by atoms with van der Waals surface area (Å²) in [6.45, 7) is 2.94. The lowest BCUT2D eigenvalue weighted by molar-refractivity contribution is -0.183. The van der Waals surface area contributed by atoms with Gasteiger partial charge in [-0.25, -0.2) is 0 Å². The molecule has 0 aromatic carbocycles. The molecule has 2 atom stereocenters. The summed E-state index contributed by atoms with van der Waals surface area (Å²) in [6.07, 6.45) is 0.327. The Morgan fingerprint density at radius 3 is 2.60 bits per heavy atom. The van der Waals surface area contributed by atoms with Crippen molar-refractivity contribution in [2.75, 3.05) is 6.54 Å². The molecule has 0 heterocycles. The SMILES string of the molecule is CCCCNC1CCCC(C(F)(F)F)C1. The Balaban J connectivity index is 2.29. The predicted octanol–water partition coefficient (Wildman–Crippen LogP) is 3.50. The third kappa shape index (κ3) is 4.41. The van der Waals surface area contributed by atoms with Crippen LogP contribution in [0.2, 0.25) is 0 Å². The molecule has 1 N–H and O–H groups in total. The summed E-state index contributed by atoms with van der Waals surface area (Å²) in [5, 5.41) is 3.22. The lowest BCUT2D eigenvalue weighted by Gasteiger charge is -2.31. The summed E-state index contributed by atoms with van der Waals surface area (Å²) in [6, 6.07) is 0.0805. The lowest BCUT2D eigenvalue weighted by Crippen LogP contribution is -2.39. The van der Waals surface area contributed by atoms with Gasteiger partial charge in [-0.3, -0.25) is 0 Å². The molecule has 1 saturated carbocycles. The Hall–Kier alpha value is -0.250. The van der Waals surface area contributed by atoms with Crippen molar-refractivity contribution in [3.63, 3.8) is 0 Å². The fourth-order valence-corrected chi connectivity index (χ4v) is 2.16. The third-order valence-electron chi connectivity index (χ3n) is 3.10. The molecular formula is C11H20F3N. The second kappa shape index (κ2) is 5.73. The second-order valence-corrected chi connectivity index (χ2v) is 4.41. The number of hydrogen-bond acceptors (Lipinski definition) is 1. The highest BCUT2D eigenvalue weighted by molar-refractivity contribution is 4.81. The van der Waals surface area contributed by atoms with E-state index < -0.39 is 12.1 Å². The largest absolute Gasteiger partial charge is 0.391 e. The van der Waals surface area contributed by atoms with Gasteiger partial charge in [0, 0.05) is 6.04 Å². The lowest BCUT2D eigenvalue weighted by atomic mass is 9.85. The molecule has 0 aromatic rings. The van der Waals surface area contributed by atoms with Gasteiger partial charge >= 0.3 is 6.18 Å². The fraction of sp³-hybridized carbons (Fsp3) is 1.00. The Morgan fingerprint density at radius 2 is 2.00 bits per heavy atom. The molecule has 1 aliphatic rings. The molecule has 0 bridgehead atoms. The summed E-state index contributed by atoms with van der Waals surface area (Å²) in [5.41, 5.74) is 0. The highest BCUT2D eigenvalue weighted by atomic mass is 19.4. The summed E-state index contributed by atoms with van der Waals surface area (Å²) in [4.78, 5) is 0. The zero-order valence-electron chi connectivity index (χ0n) is 9.24. The summed E-state index contributed by atoms with van der Waals surface area (Å²) >= 11 is 0. The molecular weight excluding hydrogens is 203 g/mol. The van der Waals surface area contributed by atoms with Crippen LogP contribution in [0.4, 0.5) is 13.2 Å². The molecule has 4 heteroatoms. The van der Waals surface area contributed by atoms with Gasteiger partial charge in [-0.1, -0.05) is 19.8 Å². The molecule has 1 nitrogen and oxygen atoms in total. The van der Waals surface area contributed by atoms with E-state index in [4.69, 9.17) is 0 Å². The highest BCUT2D eigenvalue weighted by Gasteiger charge is 2.41. The molecule has 0 saturated heterocycles. The van der Waals surface area contributed by atoms with Crippen LogP contribution in [0.5, 0.6) is 0 Å². The Bertz CT molecular complexity index is 179. The maximum Gasteiger partial charge on any atom is 0.391 e. The summed E-state index contributed by atoms with van der Waals surface area (Å²) < 4.78 is 37.4. The van der Waals surface area contributed by atoms with Crippen LogP contribution >= 0.6 is 0 Å². The second-order valence-electron chi connectivity index (χ2n) is 4.41. The first-order valence-corrected chi connectivity index (χ1v) is 5.84. The number of nitrogens with one attached hydrogen (secondary N) is 1. The van der Waals surface area contributed by atoms with Gasteiger partial charge in [0.15, 0.2) is 0 Å². The van der Waals surface area contributed by atoms with Crippen molar-refractivity contribution in [1.82, 2.24) is 5.32 Å². The van der Waals surface area contributed by atoms with Gasteiger partial charge in [0.2, 0.25) is 0 Å². The Labute approximate surface area is 89.4 Å². The molecule has 0 aromatic heterocycles. The monoisotopic (exact) mass is 223 g/mol. The van der Waals surface area contributed by atoms with Gasteiger partial charge < -0.3 is 5.32 Å². The summed E-state index contributed by atoms with van der Waals surface area (Å²) in [5.74, 6) is -1.08. The van der Waals surface area contributed by atoms with E-state index in [1.807, 2.05) is 0 Å². The van der Waals surface area contributed by atoms with Crippen molar-refractivity contribution >= 4 is 0 Å². The van der Waals surface area contributed by atoms with E-state index in [0.29, 0.717) is 12.8 Å². The third-order valence-corrected chi connectivity index (χ3v) is 3.10. The van der Waals surface area contributed by atoms with Gasteiger partial charge in [0.05, 0.1) is 5.92 Å². The topological polar surface area (TPSA) is 12.0 Å². The van der Waals surface area contributed by atoms with Crippen molar-refractivity contribution in [3.05, 3.63) is 0 Å². The maximum atomic E-state index is 12.5. The van der Waals surface area contributed by atoms with Crippen LogP contribution in [0, 0.1) is 5.92 Å². The van der Waals surface area contributed by atoms with Gasteiger partial charge in [0.1, 0.15) is 0 Å². The number of halogens is 3. The molecule has 1 fully saturated rings. The summed E-state index contributed by atoms with van der Waals surface area (Å²) in [7, 11) is 0. The number of hydrogen-bond donors (Lipinski definition) is 1. The predicted molar refractivity (Wildman–Crippen MR) is 54.7 cm³/mol. The van der Waals surface area contributed by atoms with Crippen LogP contribution in [-0.2, 0) is 0 Å². The first-order chi connectivity index (χ1) is 7.04. The normalized spacial score (nSPS) is 28.0. The van der Waals surface area contributed by atoms with E-state index in [2.05, 4.69) is 12.2 Å². The minimum Gasteiger partial charge on any atom is -0.314 e. The van der Waals surface area contributed by atoms with E-state index in [1.165, 1.54) is 0 Å². The number of unbranched alkanes of at least 4 members (excludes halogenated alkanes) is 1.